The van der Waals surface area contributed by atoms with E-state index in [0.717, 1.165) is 19.3 Å². The van der Waals surface area contributed by atoms with Gasteiger partial charge < -0.3 is 5.32 Å². The van der Waals surface area contributed by atoms with Crippen molar-refractivity contribution in [3.63, 3.8) is 0 Å². The Morgan fingerprint density at radius 3 is 2.83 bits per heavy atom. The van der Waals surface area contributed by atoms with Crippen LogP contribution >= 0.6 is 0 Å². The summed E-state index contributed by atoms with van der Waals surface area (Å²) in [7, 11) is 0. The highest BCUT2D eigenvalue weighted by atomic mass is 16.6. The van der Waals surface area contributed by atoms with Gasteiger partial charge in [-0.15, -0.1) is 0 Å². The molecule has 23 heavy (non-hydrogen) atoms. The predicted octanol–water partition coefficient (Wildman–Crippen LogP) is 3.20. The number of nitro benzene ring substituents is 1. The Kier molecular flexibility index (Phi) is 5.47. The molecule has 0 radical (unpaired) electrons. The van der Waals surface area contributed by atoms with Crippen LogP contribution in [0.25, 0.3) is 6.08 Å². The Morgan fingerprint density at radius 2 is 2.17 bits per heavy atom. The van der Waals surface area contributed by atoms with Crippen LogP contribution in [0.5, 0.6) is 0 Å². The van der Waals surface area contributed by atoms with Crippen molar-refractivity contribution in [2.45, 2.75) is 38.6 Å². The van der Waals surface area contributed by atoms with Gasteiger partial charge in [-0.25, -0.2) is 0 Å². The molecule has 6 nitrogen and oxygen atoms in total. The maximum Gasteiger partial charge on any atom is 0.270 e. The summed E-state index contributed by atoms with van der Waals surface area (Å²) >= 11 is 0. The quantitative estimate of drug-likeness (QED) is 0.399. The van der Waals surface area contributed by atoms with E-state index in [0.29, 0.717) is 11.5 Å². The van der Waals surface area contributed by atoms with E-state index in [4.69, 9.17) is 0 Å². The van der Waals surface area contributed by atoms with Gasteiger partial charge in [-0.1, -0.05) is 31.9 Å². The molecule has 1 amide bonds. The summed E-state index contributed by atoms with van der Waals surface area (Å²) < 4.78 is 0. The number of rotatable bonds is 4. The van der Waals surface area contributed by atoms with Crippen molar-refractivity contribution < 1.29 is 9.72 Å². The minimum Gasteiger partial charge on any atom is -0.348 e. The molecule has 1 fully saturated rings. The van der Waals surface area contributed by atoms with Gasteiger partial charge in [-0.2, -0.15) is 5.26 Å². The highest BCUT2D eigenvalue weighted by Gasteiger charge is 2.24. The molecule has 0 spiro atoms. The lowest BCUT2D eigenvalue weighted by Crippen LogP contribution is -2.41. The highest BCUT2D eigenvalue weighted by molar-refractivity contribution is 6.01. The number of non-ortho nitro benzene ring substituents is 1. The van der Waals surface area contributed by atoms with Gasteiger partial charge in [0.05, 0.1) is 4.92 Å². The van der Waals surface area contributed by atoms with Crippen LogP contribution in [-0.2, 0) is 4.79 Å². The van der Waals surface area contributed by atoms with Crippen molar-refractivity contribution in [1.82, 2.24) is 5.32 Å². The molecular formula is C17H19N3O3. The number of amides is 1. The summed E-state index contributed by atoms with van der Waals surface area (Å²) in [5.41, 5.74) is 0.350. The first-order chi connectivity index (χ1) is 11.0. The van der Waals surface area contributed by atoms with E-state index in [1.165, 1.54) is 30.7 Å². The summed E-state index contributed by atoms with van der Waals surface area (Å²) in [4.78, 5) is 22.6. The van der Waals surface area contributed by atoms with Crippen LogP contribution < -0.4 is 5.32 Å². The van der Waals surface area contributed by atoms with E-state index in [-0.39, 0.29) is 17.3 Å². The smallest absolute Gasteiger partial charge is 0.270 e. The lowest BCUT2D eigenvalue weighted by atomic mass is 9.86. The number of carbonyl (C=O) groups excluding carboxylic acids is 1. The molecule has 1 aliphatic carbocycles. The van der Waals surface area contributed by atoms with Gasteiger partial charge in [0.15, 0.2) is 0 Å². The SMILES string of the molecule is CC1CCCCC1NC(=O)/C(C#N)=C/c1cccc([N+](=O)[O-])c1. The number of hydrogen-bond donors (Lipinski definition) is 1. The third-order valence-electron chi connectivity index (χ3n) is 4.19. The second kappa shape index (κ2) is 7.54. The Hall–Kier alpha value is -2.68. The van der Waals surface area contributed by atoms with Gasteiger partial charge in [0, 0.05) is 18.2 Å². The molecule has 0 saturated heterocycles. The summed E-state index contributed by atoms with van der Waals surface area (Å²) in [5, 5.41) is 22.9. The number of nitriles is 1. The number of nitrogens with one attached hydrogen (secondary N) is 1. The highest BCUT2D eigenvalue weighted by Crippen LogP contribution is 2.24. The van der Waals surface area contributed by atoms with Gasteiger partial charge in [-0.3, -0.25) is 14.9 Å². The van der Waals surface area contributed by atoms with Crippen molar-refractivity contribution >= 4 is 17.7 Å². The lowest BCUT2D eigenvalue weighted by Gasteiger charge is -2.29. The van der Waals surface area contributed by atoms with Crippen molar-refractivity contribution in [1.29, 1.82) is 5.26 Å². The minimum atomic E-state index is -0.507. The minimum absolute atomic E-state index is 0.0386. The van der Waals surface area contributed by atoms with Crippen LogP contribution in [0.1, 0.15) is 38.2 Å². The third kappa shape index (κ3) is 4.39. The van der Waals surface area contributed by atoms with E-state index < -0.39 is 10.8 Å². The number of carbonyl (C=O) groups is 1. The fourth-order valence-corrected chi connectivity index (χ4v) is 2.82. The molecule has 1 aliphatic rings. The van der Waals surface area contributed by atoms with Crippen LogP contribution in [0.4, 0.5) is 5.69 Å². The molecule has 1 aromatic rings. The average molecular weight is 313 g/mol. The van der Waals surface area contributed by atoms with Gasteiger partial charge in [0.2, 0.25) is 0 Å². The molecule has 0 aliphatic heterocycles. The van der Waals surface area contributed by atoms with Crippen LogP contribution in [0.3, 0.4) is 0 Å². The number of benzene rings is 1. The summed E-state index contributed by atoms with van der Waals surface area (Å²) in [6.45, 7) is 2.10. The second-order valence-corrected chi connectivity index (χ2v) is 5.86. The van der Waals surface area contributed by atoms with Crippen molar-refractivity contribution in [3.8, 4) is 6.07 Å². The van der Waals surface area contributed by atoms with Crippen molar-refractivity contribution in [2.24, 2.45) is 5.92 Å². The Bertz CT molecular complexity index is 676. The van der Waals surface area contributed by atoms with Gasteiger partial charge in [0.25, 0.3) is 11.6 Å². The zero-order valence-electron chi connectivity index (χ0n) is 13.0. The van der Waals surface area contributed by atoms with E-state index in [2.05, 4.69) is 12.2 Å². The van der Waals surface area contributed by atoms with E-state index in [9.17, 15) is 20.2 Å². The fraction of sp³-hybridized carbons (Fsp3) is 0.412. The van der Waals surface area contributed by atoms with E-state index in [1.54, 1.807) is 6.07 Å². The van der Waals surface area contributed by atoms with E-state index in [1.807, 2.05) is 6.07 Å². The Morgan fingerprint density at radius 1 is 1.43 bits per heavy atom. The summed E-state index contributed by atoms with van der Waals surface area (Å²) in [6.07, 6.45) is 5.62. The van der Waals surface area contributed by atoms with Gasteiger partial charge >= 0.3 is 0 Å². The largest absolute Gasteiger partial charge is 0.348 e. The first-order valence-electron chi connectivity index (χ1n) is 7.68. The number of nitro groups is 1. The molecule has 2 rings (SSSR count). The van der Waals surface area contributed by atoms with Crippen molar-refractivity contribution in [2.75, 3.05) is 0 Å². The molecule has 1 aromatic carbocycles. The van der Waals surface area contributed by atoms with E-state index >= 15 is 0 Å². The molecule has 2 unspecified atom stereocenters. The predicted molar refractivity (Wildman–Crippen MR) is 86.2 cm³/mol. The standard InChI is InChI=1S/C17H19N3O3/c1-12-5-2-3-8-16(12)19-17(21)14(11-18)9-13-6-4-7-15(10-13)20(22)23/h4,6-7,9-10,12,16H,2-3,5,8H2,1H3,(H,19,21)/b14-9+. The van der Waals surface area contributed by atoms with Gasteiger partial charge in [0.1, 0.15) is 11.6 Å². The summed E-state index contributed by atoms with van der Waals surface area (Å²) in [6, 6.07) is 7.83. The Labute approximate surface area is 135 Å². The lowest BCUT2D eigenvalue weighted by molar-refractivity contribution is -0.384. The molecule has 0 aromatic heterocycles. The van der Waals surface area contributed by atoms with Gasteiger partial charge in [-0.05, 0) is 30.4 Å². The molecular weight excluding hydrogens is 294 g/mol. The van der Waals surface area contributed by atoms with Crippen LogP contribution in [0.2, 0.25) is 0 Å². The molecule has 1 N–H and O–H groups in total. The first-order valence-corrected chi connectivity index (χ1v) is 7.68. The summed E-state index contributed by atoms with van der Waals surface area (Å²) in [5.74, 6) is -0.0248. The van der Waals surface area contributed by atoms with Crippen LogP contribution in [0.15, 0.2) is 29.8 Å². The number of hydrogen-bond acceptors (Lipinski definition) is 4. The molecule has 0 bridgehead atoms. The molecule has 120 valence electrons. The maximum absolute atomic E-state index is 12.3. The average Bonchev–Trinajstić information content (AvgIpc) is 2.55. The molecule has 6 heteroatoms. The second-order valence-electron chi connectivity index (χ2n) is 5.86. The van der Waals surface area contributed by atoms with Crippen LogP contribution in [-0.4, -0.2) is 16.9 Å². The zero-order valence-corrected chi connectivity index (χ0v) is 13.0. The molecule has 2 atom stereocenters. The van der Waals surface area contributed by atoms with Crippen LogP contribution in [0, 0.1) is 27.4 Å². The Balaban J connectivity index is 2.15. The third-order valence-corrected chi connectivity index (χ3v) is 4.19. The van der Waals surface area contributed by atoms with Crippen molar-refractivity contribution in [3.05, 3.63) is 45.5 Å². The topological polar surface area (TPSA) is 96.0 Å². The molecule has 0 heterocycles. The molecule has 1 saturated carbocycles. The number of nitrogens with zero attached hydrogens (tertiary/aromatic N) is 2. The fourth-order valence-electron chi connectivity index (χ4n) is 2.82. The first kappa shape index (κ1) is 16.7. The normalized spacial score (nSPS) is 21.3. The maximum atomic E-state index is 12.3. The zero-order chi connectivity index (χ0) is 16.8. The monoisotopic (exact) mass is 313 g/mol.